The monoisotopic (exact) mass is 319 g/mol. The maximum Gasteiger partial charge on any atom is 0.219 e. The van der Waals surface area contributed by atoms with Crippen LogP contribution >= 0.6 is 0 Å². The van der Waals surface area contributed by atoms with Gasteiger partial charge in [0.15, 0.2) is 0 Å². The van der Waals surface area contributed by atoms with Crippen LogP contribution < -0.4 is 0 Å². The van der Waals surface area contributed by atoms with Crippen molar-refractivity contribution in [3.8, 4) is 0 Å². The third-order valence-corrected chi connectivity index (χ3v) is 5.19. The average molecular weight is 319 g/mol. The van der Waals surface area contributed by atoms with E-state index in [1.807, 2.05) is 6.20 Å². The van der Waals surface area contributed by atoms with Crippen LogP contribution in [0.25, 0.3) is 0 Å². The lowest BCUT2D eigenvalue weighted by atomic mass is 9.94. The summed E-state index contributed by atoms with van der Waals surface area (Å²) < 4.78 is 5.96. The molecule has 0 bridgehead atoms. The van der Waals surface area contributed by atoms with Crippen LogP contribution in [0.1, 0.15) is 65.0 Å². The molecule has 0 spiro atoms. The van der Waals surface area contributed by atoms with Crippen molar-refractivity contribution in [1.29, 1.82) is 0 Å². The summed E-state index contributed by atoms with van der Waals surface area (Å²) in [6.07, 6.45) is 6.47. The van der Waals surface area contributed by atoms with Gasteiger partial charge in [-0.25, -0.2) is 4.98 Å². The maximum absolute atomic E-state index is 11.9. The molecular formula is C18H29N3O2. The Morgan fingerprint density at radius 2 is 1.96 bits per heavy atom. The number of carbonyl (C=O) groups is 1. The van der Waals surface area contributed by atoms with Crippen molar-refractivity contribution in [2.45, 2.75) is 77.4 Å². The van der Waals surface area contributed by atoms with Crippen molar-refractivity contribution >= 4 is 5.91 Å². The lowest BCUT2D eigenvalue weighted by Gasteiger charge is -2.34. The first-order valence-corrected chi connectivity index (χ1v) is 8.82. The summed E-state index contributed by atoms with van der Waals surface area (Å²) in [7, 11) is 0. The highest BCUT2D eigenvalue weighted by molar-refractivity contribution is 5.74. The van der Waals surface area contributed by atoms with E-state index >= 15 is 0 Å². The molecule has 2 aliphatic rings. The van der Waals surface area contributed by atoms with Crippen molar-refractivity contribution in [1.82, 2.24) is 14.8 Å². The first-order valence-electron chi connectivity index (χ1n) is 8.82. The number of hydrogen-bond donors (Lipinski definition) is 0. The van der Waals surface area contributed by atoms with Gasteiger partial charge in [0.2, 0.25) is 11.8 Å². The molecule has 0 aliphatic carbocycles. The zero-order valence-electron chi connectivity index (χ0n) is 14.8. The van der Waals surface area contributed by atoms with Crippen LogP contribution in [-0.2, 0) is 16.8 Å². The molecule has 0 saturated carbocycles. The van der Waals surface area contributed by atoms with Gasteiger partial charge in [0.1, 0.15) is 5.76 Å². The van der Waals surface area contributed by atoms with Gasteiger partial charge < -0.3 is 9.32 Å². The molecule has 0 aromatic carbocycles. The summed E-state index contributed by atoms with van der Waals surface area (Å²) in [5.41, 5.74) is -0.00740. The van der Waals surface area contributed by atoms with E-state index < -0.39 is 0 Å². The SMILES string of the molecule is CC(=O)N1CCC[C@@H]1[C@H]1CCCN1Cc1ncc(C(C)(C)C)o1. The molecule has 2 atom stereocenters. The summed E-state index contributed by atoms with van der Waals surface area (Å²) in [6, 6.07) is 0.818. The van der Waals surface area contributed by atoms with Crippen molar-refractivity contribution in [3.63, 3.8) is 0 Å². The van der Waals surface area contributed by atoms with Crippen LogP contribution in [-0.4, -0.2) is 45.9 Å². The second-order valence-electron chi connectivity index (χ2n) is 7.97. The van der Waals surface area contributed by atoms with Crippen LogP contribution in [0.2, 0.25) is 0 Å². The van der Waals surface area contributed by atoms with Crippen LogP contribution in [0.5, 0.6) is 0 Å². The van der Waals surface area contributed by atoms with Crippen molar-refractivity contribution in [3.05, 3.63) is 17.8 Å². The number of aromatic nitrogens is 1. The number of hydrogen-bond acceptors (Lipinski definition) is 4. The Bertz CT molecular complexity index is 561. The van der Waals surface area contributed by atoms with Gasteiger partial charge in [0, 0.05) is 31.0 Å². The smallest absolute Gasteiger partial charge is 0.219 e. The zero-order valence-corrected chi connectivity index (χ0v) is 14.8. The van der Waals surface area contributed by atoms with Gasteiger partial charge in [-0.05, 0) is 32.2 Å². The Morgan fingerprint density at radius 3 is 2.61 bits per heavy atom. The van der Waals surface area contributed by atoms with Crippen LogP contribution in [0, 0.1) is 0 Å². The Kier molecular flexibility index (Phi) is 4.50. The number of amides is 1. The van der Waals surface area contributed by atoms with Gasteiger partial charge in [0.05, 0.1) is 12.7 Å². The van der Waals surface area contributed by atoms with Gasteiger partial charge in [-0.3, -0.25) is 9.69 Å². The Balaban J connectivity index is 1.70. The van der Waals surface area contributed by atoms with E-state index in [0.29, 0.717) is 12.1 Å². The third-order valence-electron chi connectivity index (χ3n) is 5.19. The first kappa shape index (κ1) is 16.5. The minimum Gasteiger partial charge on any atom is -0.444 e. The van der Waals surface area contributed by atoms with E-state index in [1.54, 1.807) is 6.92 Å². The Morgan fingerprint density at radius 1 is 1.26 bits per heavy atom. The van der Waals surface area contributed by atoms with Gasteiger partial charge in [-0.1, -0.05) is 20.8 Å². The quantitative estimate of drug-likeness (QED) is 0.859. The largest absolute Gasteiger partial charge is 0.444 e. The van der Waals surface area contributed by atoms with Crippen molar-refractivity contribution in [2.75, 3.05) is 13.1 Å². The number of carbonyl (C=O) groups excluding carboxylic acids is 1. The number of oxazole rings is 1. The second kappa shape index (κ2) is 6.27. The standard InChI is InChI=1S/C18H29N3O2/c1-13(22)21-10-6-8-15(21)14-7-5-9-20(14)12-17-19-11-16(23-17)18(2,3)4/h11,14-15H,5-10,12H2,1-4H3/t14-,15-/m1/s1. The van der Waals surface area contributed by atoms with Crippen LogP contribution in [0.4, 0.5) is 0 Å². The molecule has 3 rings (SSSR count). The predicted molar refractivity (Wildman–Crippen MR) is 89.0 cm³/mol. The lowest BCUT2D eigenvalue weighted by Crippen LogP contribution is -2.47. The van der Waals surface area contributed by atoms with E-state index in [-0.39, 0.29) is 11.3 Å². The number of nitrogens with zero attached hydrogens (tertiary/aromatic N) is 3. The van der Waals surface area contributed by atoms with Crippen molar-refractivity contribution < 1.29 is 9.21 Å². The summed E-state index contributed by atoms with van der Waals surface area (Å²) in [5, 5.41) is 0. The van der Waals surface area contributed by atoms with Gasteiger partial charge in [0.25, 0.3) is 0 Å². The summed E-state index contributed by atoms with van der Waals surface area (Å²) in [6.45, 7) is 10.8. The zero-order chi connectivity index (χ0) is 16.6. The molecule has 2 fully saturated rings. The predicted octanol–water partition coefficient (Wildman–Crippen LogP) is 2.95. The normalized spacial score (nSPS) is 26.2. The Hall–Kier alpha value is -1.36. The highest BCUT2D eigenvalue weighted by atomic mass is 16.4. The molecule has 0 radical (unpaired) electrons. The molecule has 5 heteroatoms. The van der Waals surface area contributed by atoms with Crippen LogP contribution in [0.3, 0.4) is 0 Å². The highest BCUT2D eigenvalue weighted by Crippen LogP contribution is 2.31. The fourth-order valence-corrected chi connectivity index (χ4v) is 3.97. The molecular weight excluding hydrogens is 290 g/mol. The molecule has 1 aromatic heterocycles. The van der Waals surface area contributed by atoms with E-state index in [1.165, 1.54) is 12.8 Å². The minimum atomic E-state index is -0.00740. The minimum absolute atomic E-state index is 0.00740. The Labute approximate surface area is 139 Å². The molecule has 1 amide bonds. The summed E-state index contributed by atoms with van der Waals surface area (Å²) in [5.74, 6) is 1.95. The topological polar surface area (TPSA) is 49.6 Å². The lowest BCUT2D eigenvalue weighted by molar-refractivity contribution is -0.130. The first-order chi connectivity index (χ1) is 10.9. The summed E-state index contributed by atoms with van der Waals surface area (Å²) >= 11 is 0. The van der Waals surface area contributed by atoms with E-state index in [0.717, 1.165) is 44.1 Å². The number of rotatable bonds is 3. The van der Waals surface area contributed by atoms with Crippen LogP contribution in [0.15, 0.2) is 10.6 Å². The highest BCUT2D eigenvalue weighted by Gasteiger charge is 2.39. The average Bonchev–Trinajstić information content (AvgIpc) is 3.16. The van der Waals surface area contributed by atoms with E-state index in [9.17, 15) is 4.79 Å². The summed E-state index contributed by atoms with van der Waals surface area (Å²) in [4.78, 5) is 20.9. The van der Waals surface area contributed by atoms with E-state index in [2.05, 4.69) is 35.6 Å². The third kappa shape index (κ3) is 3.44. The molecule has 1 aromatic rings. The molecule has 23 heavy (non-hydrogen) atoms. The molecule has 5 nitrogen and oxygen atoms in total. The van der Waals surface area contributed by atoms with Gasteiger partial charge in [-0.15, -0.1) is 0 Å². The fraction of sp³-hybridized carbons (Fsp3) is 0.778. The molecule has 128 valence electrons. The number of likely N-dealkylation sites (tertiary alicyclic amines) is 2. The fourth-order valence-electron chi connectivity index (χ4n) is 3.97. The van der Waals surface area contributed by atoms with Crippen molar-refractivity contribution in [2.24, 2.45) is 0 Å². The molecule has 2 aliphatic heterocycles. The molecule has 0 unspecified atom stereocenters. The second-order valence-corrected chi connectivity index (χ2v) is 7.97. The molecule has 3 heterocycles. The molecule has 0 N–H and O–H groups in total. The van der Waals surface area contributed by atoms with Gasteiger partial charge >= 0.3 is 0 Å². The van der Waals surface area contributed by atoms with E-state index in [4.69, 9.17) is 4.42 Å². The van der Waals surface area contributed by atoms with Gasteiger partial charge in [-0.2, -0.15) is 0 Å². The molecule has 2 saturated heterocycles. The maximum atomic E-state index is 11.9.